The summed E-state index contributed by atoms with van der Waals surface area (Å²) in [5.74, 6) is 0.396. The van der Waals surface area contributed by atoms with Gasteiger partial charge in [-0.1, -0.05) is 53.4 Å². The van der Waals surface area contributed by atoms with E-state index in [-0.39, 0.29) is 5.84 Å². The van der Waals surface area contributed by atoms with Gasteiger partial charge in [0.1, 0.15) is 47.9 Å². The number of ether oxygens (including phenoxy) is 6. The fourth-order valence-corrected chi connectivity index (χ4v) is 4.53. The average Bonchev–Trinajstić information content (AvgIpc) is 3.05. The minimum atomic E-state index is -0.682. The molecule has 0 unspecified atom stereocenters. The molecule has 1 heterocycles. The van der Waals surface area contributed by atoms with Gasteiger partial charge in [-0.25, -0.2) is 0 Å². The van der Waals surface area contributed by atoms with Crippen molar-refractivity contribution in [2.24, 2.45) is 5.73 Å². The fraction of sp³-hybridized carbons (Fsp3) is 0.897. The Morgan fingerprint density at radius 1 is 0.750 bits per heavy atom. The smallest absolute Gasteiger partial charge is 0.158 e. The van der Waals surface area contributed by atoms with Crippen LogP contribution < -0.4 is 21.7 Å². The molecule has 1 rings (SSSR count). The summed E-state index contributed by atoms with van der Waals surface area (Å²) >= 11 is 0. The Balaban J connectivity index is 3.60. The highest BCUT2D eigenvalue weighted by Crippen LogP contribution is 2.30. The van der Waals surface area contributed by atoms with Gasteiger partial charge in [-0.15, -0.1) is 0 Å². The second-order valence-corrected chi connectivity index (χ2v) is 10.1. The first kappa shape index (κ1) is 36.4. The molecule has 0 bridgehead atoms. The Morgan fingerprint density at radius 3 is 1.70 bits per heavy atom. The SMILES string of the molecule is CCCCOC[C@H]1O[C@@H](N/C(NC)=C(\NC)C(=N)N)[C@H](OC)[C@H](OCCCC)[C@@H](OCCCC)[C@@H]1OCCCC. The molecule has 0 radical (unpaired) electrons. The third-order valence-corrected chi connectivity index (χ3v) is 6.88. The maximum absolute atomic E-state index is 8.04. The molecule has 0 aliphatic carbocycles. The van der Waals surface area contributed by atoms with Crippen molar-refractivity contribution < 1.29 is 28.4 Å². The zero-order valence-corrected chi connectivity index (χ0v) is 26.2. The van der Waals surface area contributed by atoms with Gasteiger partial charge in [-0.2, -0.15) is 0 Å². The summed E-state index contributed by atoms with van der Waals surface area (Å²) in [7, 11) is 5.13. The molecule has 40 heavy (non-hydrogen) atoms. The molecule has 236 valence electrons. The van der Waals surface area contributed by atoms with Gasteiger partial charge in [0.25, 0.3) is 0 Å². The minimum Gasteiger partial charge on any atom is -0.382 e. The molecule has 11 heteroatoms. The maximum atomic E-state index is 8.04. The van der Waals surface area contributed by atoms with Crippen LogP contribution in [0.2, 0.25) is 0 Å². The number of amidine groups is 1. The van der Waals surface area contributed by atoms with Crippen LogP contribution in [-0.4, -0.2) is 96.8 Å². The first-order valence-electron chi connectivity index (χ1n) is 15.2. The van der Waals surface area contributed by atoms with E-state index in [1.165, 1.54) is 0 Å². The number of likely N-dealkylation sites (N-methyl/N-ethyl adjacent to an activating group) is 1. The maximum Gasteiger partial charge on any atom is 0.158 e. The second kappa shape index (κ2) is 22.0. The lowest BCUT2D eigenvalue weighted by molar-refractivity contribution is -0.176. The van der Waals surface area contributed by atoms with E-state index in [4.69, 9.17) is 39.6 Å². The van der Waals surface area contributed by atoms with E-state index < -0.39 is 36.7 Å². The third kappa shape index (κ3) is 12.1. The number of hydrogen-bond acceptors (Lipinski definition) is 10. The summed E-state index contributed by atoms with van der Waals surface area (Å²) < 4.78 is 38.6. The molecule has 0 aromatic rings. The molecule has 0 spiro atoms. The predicted octanol–water partition coefficient (Wildman–Crippen LogP) is 3.23. The van der Waals surface area contributed by atoms with Gasteiger partial charge in [0, 0.05) is 47.6 Å². The minimum absolute atomic E-state index is 0.112. The lowest BCUT2D eigenvalue weighted by atomic mass is 9.99. The molecule has 0 amide bonds. The van der Waals surface area contributed by atoms with E-state index in [0.717, 1.165) is 51.4 Å². The van der Waals surface area contributed by atoms with Crippen LogP contribution in [0.5, 0.6) is 0 Å². The molecule has 6 atom stereocenters. The molecule has 1 aliphatic rings. The zero-order chi connectivity index (χ0) is 29.8. The molecule has 6 N–H and O–H groups in total. The highest BCUT2D eigenvalue weighted by molar-refractivity contribution is 5.94. The first-order valence-corrected chi connectivity index (χ1v) is 15.2. The van der Waals surface area contributed by atoms with Crippen molar-refractivity contribution in [2.45, 2.75) is 116 Å². The quantitative estimate of drug-likeness (QED) is 0.0703. The topological polar surface area (TPSA) is 141 Å². The lowest BCUT2D eigenvalue weighted by Crippen LogP contribution is -2.55. The average molecular weight is 574 g/mol. The number of unbranched alkanes of at least 4 members (excludes halogenated alkanes) is 4. The van der Waals surface area contributed by atoms with E-state index in [1.807, 2.05) is 0 Å². The number of nitrogens with one attached hydrogen (secondary N) is 4. The summed E-state index contributed by atoms with van der Waals surface area (Å²) in [4.78, 5) is 0. The van der Waals surface area contributed by atoms with Crippen LogP contribution in [0.15, 0.2) is 11.5 Å². The summed E-state index contributed by atoms with van der Waals surface area (Å²) in [6.07, 6.45) is 4.76. The monoisotopic (exact) mass is 573 g/mol. The highest BCUT2D eigenvalue weighted by atomic mass is 16.6. The van der Waals surface area contributed by atoms with Crippen molar-refractivity contribution in [2.75, 3.05) is 54.2 Å². The fourth-order valence-electron chi connectivity index (χ4n) is 4.53. The number of nitrogens with two attached hydrogens (primary N) is 1. The van der Waals surface area contributed by atoms with Crippen molar-refractivity contribution in [3.63, 3.8) is 0 Å². The van der Waals surface area contributed by atoms with Gasteiger partial charge in [0.05, 0.1) is 6.61 Å². The van der Waals surface area contributed by atoms with E-state index in [1.54, 1.807) is 21.2 Å². The summed E-state index contributed by atoms with van der Waals surface area (Å²) in [6.45, 7) is 11.3. The van der Waals surface area contributed by atoms with Crippen molar-refractivity contribution in [3.8, 4) is 0 Å². The Labute approximate surface area is 243 Å². The van der Waals surface area contributed by atoms with Crippen molar-refractivity contribution in [1.82, 2.24) is 16.0 Å². The van der Waals surface area contributed by atoms with E-state index in [2.05, 4.69) is 43.6 Å². The molecule has 1 saturated heterocycles. The third-order valence-electron chi connectivity index (χ3n) is 6.88. The number of methoxy groups -OCH3 is 1. The second-order valence-electron chi connectivity index (χ2n) is 10.1. The van der Waals surface area contributed by atoms with Crippen molar-refractivity contribution in [3.05, 3.63) is 11.5 Å². The van der Waals surface area contributed by atoms with Gasteiger partial charge in [0.15, 0.2) is 6.23 Å². The van der Waals surface area contributed by atoms with E-state index in [0.29, 0.717) is 44.6 Å². The van der Waals surface area contributed by atoms with Gasteiger partial charge < -0.3 is 50.1 Å². The van der Waals surface area contributed by atoms with Gasteiger partial charge in [0.2, 0.25) is 0 Å². The van der Waals surface area contributed by atoms with E-state index >= 15 is 0 Å². The Hall–Kier alpha value is -1.63. The predicted molar refractivity (Wildman–Crippen MR) is 159 cm³/mol. The Bertz CT molecular complexity index is 698. The lowest BCUT2D eigenvalue weighted by Gasteiger charge is -2.36. The van der Waals surface area contributed by atoms with Crippen LogP contribution in [-0.2, 0) is 28.4 Å². The standard InChI is InChI=1S/C29H59N5O6/c1-8-12-16-36-20-21-23(37-17-13-9-2)24(38-18-14-10-3)25(39-19-15-11-4)26(35-7)29(40-21)34-28(33-6)22(32-5)27(30)31/h21,23-26,29,32-34H,8-20H2,1-7H3,(H3,30,31)/b28-22-/t21-,23-,24+,25-,26-,29-/m1/s1. The summed E-state index contributed by atoms with van der Waals surface area (Å²) in [5.41, 5.74) is 6.28. The van der Waals surface area contributed by atoms with Crippen LogP contribution in [0.1, 0.15) is 79.1 Å². The largest absolute Gasteiger partial charge is 0.382 e. The van der Waals surface area contributed by atoms with Crippen LogP contribution in [0.3, 0.4) is 0 Å². The van der Waals surface area contributed by atoms with Gasteiger partial charge in [-0.3, -0.25) is 5.41 Å². The summed E-state index contributed by atoms with van der Waals surface area (Å²) in [5, 5.41) is 17.5. The zero-order valence-electron chi connectivity index (χ0n) is 26.2. The number of hydrogen-bond donors (Lipinski definition) is 5. The van der Waals surface area contributed by atoms with Crippen LogP contribution in [0, 0.1) is 5.41 Å². The first-order chi connectivity index (χ1) is 19.4. The molecule has 1 fully saturated rings. The highest BCUT2D eigenvalue weighted by Gasteiger charge is 2.49. The van der Waals surface area contributed by atoms with Gasteiger partial charge >= 0.3 is 0 Å². The molecular weight excluding hydrogens is 514 g/mol. The van der Waals surface area contributed by atoms with Crippen molar-refractivity contribution in [1.29, 1.82) is 5.41 Å². The molecule has 11 nitrogen and oxygen atoms in total. The Kier molecular flexibility index (Phi) is 20.0. The van der Waals surface area contributed by atoms with Crippen LogP contribution in [0.4, 0.5) is 0 Å². The molecule has 0 aromatic heterocycles. The van der Waals surface area contributed by atoms with Crippen LogP contribution in [0.25, 0.3) is 0 Å². The number of rotatable bonds is 23. The van der Waals surface area contributed by atoms with Gasteiger partial charge in [-0.05, 0) is 25.7 Å². The van der Waals surface area contributed by atoms with E-state index in [9.17, 15) is 0 Å². The summed E-state index contributed by atoms with van der Waals surface area (Å²) in [6, 6.07) is 0. The molecule has 0 saturated carbocycles. The molecular formula is C29H59N5O6. The normalized spacial score (nSPS) is 25.7. The Morgan fingerprint density at radius 2 is 1.25 bits per heavy atom. The molecule has 0 aromatic carbocycles. The molecule has 1 aliphatic heterocycles. The van der Waals surface area contributed by atoms with Crippen molar-refractivity contribution >= 4 is 5.84 Å². The van der Waals surface area contributed by atoms with Crippen LogP contribution >= 0.6 is 0 Å².